The summed E-state index contributed by atoms with van der Waals surface area (Å²) in [6.07, 6.45) is 4.24. The van der Waals surface area contributed by atoms with Crippen LogP contribution in [0.5, 0.6) is 5.75 Å². The van der Waals surface area contributed by atoms with Crippen LogP contribution in [0, 0.1) is 0 Å². The SMILES string of the molecule is CNC(=O)c1cnc(NS(C)(=O)=O)c(OC2CC2)c1. The number of rotatable bonds is 5. The van der Waals surface area contributed by atoms with Gasteiger partial charge in [-0.15, -0.1) is 0 Å². The summed E-state index contributed by atoms with van der Waals surface area (Å²) >= 11 is 0. The summed E-state index contributed by atoms with van der Waals surface area (Å²) in [6.45, 7) is 0. The summed E-state index contributed by atoms with van der Waals surface area (Å²) < 4.78 is 30.3. The highest BCUT2D eigenvalue weighted by molar-refractivity contribution is 7.92. The molecule has 8 heteroatoms. The van der Waals surface area contributed by atoms with Crippen molar-refractivity contribution < 1.29 is 17.9 Å². The Morgan fingerprint density at radius 1 is 1.47 bits per heavy atom. The predicted molar refractivity (Wildman–Crippen MR) is 69.7 cm³/mol. The summed E-state index contributed by atoms with van der Waals surface area (Å²) in [7, 11) is -1.94. The van der Waals surface area contributed by atoms with Gasteiger partial charge in [-0.2, -0.15) is 0 Å². The molecular weight excluding hydrogens is 270 g/mol. The number of aromatic nitrogens is 1. The standard InChI is InChI=1S/C11H15N3O4S/c1-12-11(15)7-5-9(18-8-3-4-8)10(13-6-7)14-19(2,16)17/h5-6,8H,3-4H2,1-2H3,(H,12,15)(H,13,14). The van der Waals surface area contributed by atoms with E-state index in [-0.39, 0.29) is 23.6 Å². The third-order valence-electron chi connectivity index (χ3n) is 2.44. The molecule has 0 atom stereocenters. The van der Waals surface area contributed by atoms with Gasteiger partial charge in [0.25, 0.3) is 5.91 Å². The summed E-state index contributed by atoms with van der Waals surface area (Å²) in [4.78, 5) is 15.5. The number of carbonyl (C=O) groups excluding carboxylic acids is 1. The highest BCUT2D eigenvalue weighted by Crippen LogP contribution is 2.31. The van der Waals surface area contributed by atoms with Crippen LogP contribution in [0.4, 0.5) is 5.82 Å². The molecule has 2 rings (SSSR count). The number of amides is 1. The van der Waals surface area contributed by atoms with Gasteiger partial charge in [-0.25, -0.2) is 13.4 Å². The van der Waals surface area contributed by atoms with Gasteiger partial charge in [-0.1, -0.05) is 0 Å². The molecule has 1 saturated carbocycles. The van der Waals surface area contributed by atoms with Crippen molar-refractivity contribution in [3.8, 4) is 5.75 Å². The van der Waals surface area contributed by atoms with Crippen molar-refractivity contribution in [1.29, 1.82) is 0 Å². The first-order chi connectivity index (χ1) is 8.89. The zero-order valence-corrected chi connectivity index (χ0v) is 11.5. The molecule has 2 N–H and O–H groups in total. The van der Waals surface area contributed by atoms with Crippen molar-refractivity contribution >= 4 is 21.7 Å². The minimum Gasteiger partial charge on any atom is -0.486 e. The third-order valence-corrected chi connectivity index (χ3v) is 3.01. The Morgan fingerprint density at radius 2 is 2.16 bits per heavy atom. The lowest BCUT2D eigenvalue weighted by Gasteiger charge is -2.12. The molecule has 1 aliphatic rings. The number of nitrogens with zero attached hydrogens (tertiary/aromatic N) is 1. The van der Waals surface area contributed by atoms with Gasteiger partial charge in [0, 0.05) is 13.2 Å². The van der Waals surface area contributed by atoms with Crippen molar-refractivity contribution in [3.05, 3.63) is 17.8 Å². The lowest BCUT2D eigenvalue weighted by atomic mass is 10.2. The molecule has 0 spiro atoms. The number of ether oxygens (including phenoxy) is 1. The number of carbonyl (C=O) groups is 1. The second-order valence-electron chi connectivity index (χ2n) is 4.34. The molecule has 1 amide bonds. The van der Waals surface area contributed by atoms with E-state index in [9.17, 15) is 13.2 Å². The molecule has 0 unspecified atom stereocenters. The maximum Gasteiger partial charge on any atom is 0.252 e. The minimum absolute atomic E-state index is 0.0712. The molecule has 1 aromatic heterocycles. The molecule has 104 valence electrons. The zero-order valence-electron chi connectivity index (χ0n) is 10.6. The first-order valence-electron chi connectivity index (χ1n) is 5.75. The van der Waals surface area contributed by atoms with E-state index in [1.165, 1.54) is 19.3 Å². The summed E-state index contributed by atoms with van der Waals surface area (Å²) in [5, 5.41) is 2.47. The van der Waals surface area contributed by atoms with Gasteiger partial charge in [0.1, 0.15) is 0 Å². The van der Waals surface area contributed by atoms with E-state index in [1.54, 1.807) is 0 Å². The Balaban J connectivity index is 2.33. The van der Waals surface area contributed by atoms with Crippen LogP contribution >= 0.6 is 0 Å². The summed E-state index contributed by atoms with van der Waals surface area (Å²) in [5.41, 5.74) is 0.317. The van der Waals surface area contributed by atoms with E-state index in [2.05, 4.69) is 15.0 Å². The Bertz CT molecular complexity index is 596. The lowest BCUT2D eigenvalue weighted by Crippen LogP contribution is -2.19. The highest BCUT2D eigenvalue weighted by atomic mass is 32.2. The predicted octanol–water partition coefficient (Wildman–Crippen LogP) is 0.354. The summed E-state index contributed by atoms with van der Waals surface area (Å²) in [6, 6.07) is 1.48. The normalized spacial score (nSPS) is 14.8. The number of sulfonamides is 1. The molecule has 1 aromatic rings. The van der Waals surface area contributed by atoms with Gasteiger partial charge in [0.2, 0.25) is 10.0 Å². The van der Waals surface area contributed by atoms with E-state index in [4.69, 9.17) is 4.74 Å². The van der Waals surface area contributed by atoms with Gasteiger partial charge < -0.3 is 10.1 Å². The van der Waals surface area contributed by atoms with Crippen molar-refractivity contribution in [2.75, 3.05) is 18.0 Å². The third kappa shape index (κ3) is 3.82. The van der Waals surface area contributed by atoms with Crippen molar-refractivity contribution in [3.63, 3.8) is 0 Å². The quantitative estimate of drug-likeness (QED) is 0.813. The number of anilines is 1. The Morgan fingerprint density at radius 3 is 2.68 bits per heavy atom. The summed E-state index contributed by atoms with van der Waals surface area (Å²) in [5.74, 6) is 0.0649. The van der Waals surface area contributed by atoms with Crippen LogP contribution < -0.4 is 14.8 Å². The van der Waals surface area contributed by atoms with Crippen LogP contribution in [0.3, 0.4) is 0 Å². The molecule has 0 saturated heterocycles. The average molecular weight is 285 g/mol. The number of hydrogen-bond acceptors (Lipinski definition) is 5. The lowest BCUT2D eigenvalue weighted by molar-refractivity contribution is 0.0962. The number of pyridine rings is 1. The fourth-order valence-electron chi connectivity index (χ4n) is 1.42. The molecule has 1 heterocycles. The van der Waals surface area contributed by atoms with Crippen LogP contribution in [-0.4, -0.2) is 38.7 Å². The first-order valence-corrected chi connectivity index (χ1v) is 7.65. The van der Waals surface area contributed by atoms with Crippen LogP contribution in [0.25, 0.3) is 0 Å². The second kappa shape index (κ2) is 5.04. The van der Waals surface area contributed by atoms with E-state index in [0.717, 1.165) is 19.1 Å². The smallest absolute Gasteiger partial charge is 0.252 e. The number of hydrogen-bond donors (Lipinski definition) is 2. The van der Waals surface area contributed by atoms with Crippen LogP contribution in [0.2, 0.25) is 0 Å². The fourth-order valence-corrected chi connectivity index (χ4v) is 1.93. The fraction of sp³-hybridized carbons (Fsp3) is 0.455. The Labute approximate surface area is 111 Å². The molecule has 0 bridgehead atoms. The van der Waals surface area contributed by atoms with E-state index in [1.807, 2.05) is 0 Å². The molecule has 1 fully saturated rings. The van der Waals surface area contributed by atoms with Gasteiger partial charge in [0.05, 0.1) is 17.9 Å². The Kier molecular flexibility index (Phi) is 3.61. The molecule has 1 aliphatic carbocycles. The van der Waals surface area contributed by atoms with Crippen LogP contribution in [-0.2, 0) is 10.0 Å². The molecule has 0 radical (unpaired) electrons. The Hall–Kier alpha value is -1.83. The maximum atomic E-state index is 11.5. The number of nitrogens with one attached hydrogen (secondary N) is 2. The van der Waals surface area contributed by atoms with E-state index < -0.39 is 10.0 Å². The molecule has 7 nitrogen and oxygen atoms in total. The maximum absolute atomic E-state index is 11.5. The molecule has 0 aliphatic heterocycles. The molecule has 19 heavy (non-hydrogen) atoms. The van der Waals surface area contributed by atoms with Crippen molar-refractivity contribution in [2.45, 2.75) is 18.9 Å². The highest BCUT2D eigenvalue weighted by Gasteiger charge is 2.26. The van der Waals surface area contributed by atoms with Crippen molar-refractivity contribution in [1.82, 2.24) is 10.3 Å². The van der Waals surface area contributed by atoms with Crippen LogP contribution in [0.1, 0.15) is 23.2 Å². The van der Waals surface area contributed by atoms with E-state index >= 15 is 0 Å². The van der Waals surface area contributed by atoms with Gasteiger partial charge in [-0.3, -0.25) is 9.52 Å². The minimum atomic E-state index is -3.45. The monoisotopic (exact) mass is 285 g/mol. The van der Waals surface area contributed by atoms with Gasteiger partial charge in [-0.05, 0) is 18.9 Å². The zero-order chi connectivity index (χ0) is 14.0. The van der Waals surface area contributed by atoms with Crippen molar-refractivity contribution in [2.24, 2.45) is 0 Å². The molecular formula is C11H15N3O4S. The van der Waals surface area contributed by atoms with Gasteiger partial charge in [0.15, 0.2) is 11.6 Å². The van der Waals surface area contributed by atoms with Crippen LogP contribution in [0.15, 0.2) is 12.3 Å². The second-order valence-corrected chi connectivity index (χ2v) is 6.09. The molecule has 0 aromatic carbocycles. The van der Waals surface area contributed by atoms with Gasteiger partial charge >= 0.3 is 0 Å². The average Bonchev–Trinajstić information content (AvgIpc) is 3.12. The van der Waals surface area contributed by atoms with E-state index in [0.29, 0.717) is 5.56 Å². The first kappa shape index (κ1) is 13.6. The largest absolute Gasteiger partial charge is 0.486 e. The topological polar surface area (TPSA) is 97.4 Å².